The van der Waals surface area contributed by atoms with Crippen LogP contribution in [-0.2, 0) is 27.6 Å². The highest BCUT2D eigenvalue weighted by molar-refractivity contribution is 7.98. The topological polar surface area (TPSA) is 90.8 Å². The highest BCUT2D eigenvalue weighted by atomic mass is 35.5. The van der Waals surface area contributed by atoms with Gasteiger partial charge in [-0.25, -0.2) is 9.78 Å². The van der Waals surface area contributed by atoms with Crippen molar-refractivity contribution in [1.29, 1.82) is 0 Å². The second-order valence-electron chi connectivity index (χ2n) is 10.5. The summed E-state index contributed by atoms with van der Waals surface area (Å²) >= 11 is 28.8. The Bertz CT molecular complexity index is 1740. The Morgan fingerprint density at radius 3 is 1.67 bits per heavy atom. The molecule has 0 aliphatic rings. The van der Waals surface area contributed by atoms with E-state index in [-0.39, 0.29) is 23.1 Å². The molecule has 0 aliphatic heterocycles. The number of carbonyl (C=O) groups is 1. The number of halogens is 5. The van der Waals surface area contributed by atoms with Crippen LogP contribution in [0, 0.1) is 6.92 Å². The summed E-state index contributed by atoms with van der Waals surface area (Å²) in [4.78, 5) is 22.7. The lowest BCUT2D eigenvalue weighted by Gasteiger charge is -2.14. The monoisotopic (exact) mass is 810 g/mol. The third-order valence-corrected chi connectivity index (χ3v) is 8.57. The Kier molecular flexibility index (Phi) is 21.8. The lowest BCUT2D eigenvalue weighted by atomic mass is 10.1. The number of alkyl halides is 2. The van der Waals surface area contributed by atoms with E-state index in [0.29, 0.717) is 28.3 Å². The van der Waals surface area contributed by atoms with Crippen LogP contribution in [0.4, 0.5) is 0 Å². The molecular formula is C38H39Cl5N2O5S. The molecule has 51 heavy (non-hydrogen) atoms. The molecule has 5 rings (SSSR count). The van der Waals surface area contributed by atoms with Crippen LogP contribution >= 0.6 is 69.8 Å². The number of aryl methyl sites for hydroxylation is 1. The molecule has 0 bridgehead atoms. The smallest absolute Gasteiger partial charge is 0.369 e. The fraction of sp³-hybridized carbons (Fsp3) is 0.237. The third-order valence-electron chi connectivity index (χ3n) is 6.84. The van der Waals surface area contributed by atoms with E-state index in [1.807, 2.05) is 100 Å². The van der Waals surface area contributed by atoms with Crippen molar-refractivity contribution in [1.82, 2.24) is 9.97 Å². The van der Waals surface area contributed by atoms with Gasteiger partial charge in [-0.05, 0) is 68.5 Å². The standard InChI is InChI=1S/C15H16ClNOS.C15H16ClNO.C7H5ClO3.CH2Cl2/c1-11(18-10-12-6-4-3-5-7-12)13-8-14(16)15(19-2)17-9-13;1-11-15(16)8-14(9-17-11)12(2)18-10-13-6-4-3-5-7-13;8-6-3-1-2-5(4-6)7(9)11-10;2-1-3/h3-9,11H,10H2,1-2H3;3-9,12H,10H2,1-2H3;1-4,10H;1H2. The molecule has 0 saturated carbocycles. The highest BCUT2D eigenvalue weighted by Gasteiger charge is 2.11. The number of benzene rings is 3. The zero-order valence-corrected chi connectivity index (χ0v) is 33.0. The molecule has 2 atom stereocenters. The summed E-state index contributed by atoms with van der Waals surface area (Å²) in [6.07, 6.45) is 5.56. The van der Waals surface area contributed by atoms with Crippen molar-refractivity contribution in [3.63, 3.8) is 0 Å². The van der Waals surface area contributed by atoms with Gasteiger partial charge in [-0.3, -0.25) is 9.87 Å². The number of rotatable bonds is 10. The maximum atomic E-state index is 10.6. The van der Waals surface area contributed by atoms with Gasteiger partial charge in [-0.15, -0.1) is 35.0 Å². The fourth-order valence-corrected chi connectivity index (χ4v) is 5.19. The first kappa shape index (κ1) is 44.3. The first-order valence-electron chi connectivity index (χ1n) is 15.4. The van der Waals surface area contributed by atoms with Gasteiger partial charge in [-0.2, -0.15) is 5.26 Å². The molecule has 2 aromatic heterocycles. The zero-order chi connectivity index (χ0) is 37.6. The molecule has 3 aromatic carbocycles. The molecule has 0 spiro atoms. The molecule has 0 radical (unpaired) electrons. The van der Waals surface area contributed by atoms with E-state index in [9.17, 15) is 4.79 Å². The van der Waals surface area contributed by atoms with Crippen LogP contribution < -0.4 is 0 Å². The molecule has 2 unspecified atom stereocenters. The van der Waals surface area contributed by atoms with Gasteiger partial charge in [0.15, 0.2) is 0 Å². The Balaban J connectivity index is 0.000000263. The van der Waals surface area contributed by atoms with Crippen LogP contribution in [0.15, 0.2) is 114 Å². The summed E-state index contributed by atoms with van der Waals surface area (Å²) in [6.45, 7) is 7.08. The zero-order valence-electron chi connectivity index (χ0n) is 28.4. The quantitative estimate of drug-likeness (QED) is 0.0645. The van der Waals surface area contributed by atoms with Crippen LogP contribution in [0.1, 0.15) is 64.4 Å². The number of aromatic nitrogens is 2. The molecule has 5 aromatic rings. The van der Waals surface area contributed by atoms with Crippen LogP contribution in [0.25, 0.3) is 0 Å². The number of thioether (sulfide) groups is 1. The summed E-state index contributed by atoms with van der Waals surface area (Å²) in [5.74, 6) is -0.813. The Labute approximate surface area is 329 Å². The Morgan fingerprint density at radius 2 is 1.24 bits per heavy atom. The largest absolute Gasteiger partial charge is 0.372 e. The Morgan fingerprint density at radius 1 is 0.745 bits per heavy atom. The molecule has 13 heteroatoms. The molecule has 2 heterocycles. The van der Waals surface area contributed by atoms with E-state index in [0.717, 1.165) is 33.0 Å². The molecule has 0 fully saturated rings. The first-order chi connectivity index (χ1) is 24.5. The second kappa shape index (κ2) is 25.1. The van der Waals surface area contributed by atoms with Gasteiger partial charge in [0.1, 0.15) is 5.03 Å². The van der Waals surface area contributed by atoms with Crippen molar-refractivity contribution >= 4 is 75.7 Å². The van der Waals surface area contributed by atoms with E-state index in [2.05, 4.69) is 27.0 Å². The van der Waals surface area contributed by atoms with E-state index >= 15 is 0 Å². The van der Waals surface area contributed by atoms with E-state index < -0.39 is 5.97 Å². The van der Waals surface area contributed by atoms with E-state index in [1.54, 1.807) is 23.9 Å². The summed E-state index contributed by atoms with van der Waals surface area (Å²) in [7, 11) is 0. The van der Waals surface area contributed by atoms with Crippen molar-refractivity contribution in [3.05, 3.63) is 158 Å². The summed E-state index contributed by atoms with van der Waals surface area (Å²) in [5.41, 5.74) is 5.39. The number of hydrogen-bond acceptors (Lipinski definition) is 8. The molecule has 7 nitrogen and oxygen atoms in total. The van der Waals surface area contributed by atoms with Gasteiger partial charge in [0, 0.05) is 28.5 Å². The average molecular weight is 813 g/mol. The van der Waals surface area contributed by atoms with Crippen LogP contribution in [-0.4, -0.2) is 32.8 Å². The predicted molar refractivity (Wildman–Crippen MR) is 210 cm³/mol. The van der Waals surface area contributed by atoms with Gasteiger partial charge < -0.3 is 9.47 Å². The minimum absolute atomic E-state index is 0.0178. The summed E-state index contributed by atoms with van der Waals surface area (Å²) in [5, 5.41) is 10.8. The number of hydrogen-bond donors (Lipinski definition) is 1. The molecule has 0 saturated heterocycles. The number of pyridine rings is 2. The predicted octanol–water partition coefficient (Wildman–Crippen LogP) is 12.4. The van der Waals surface area contributed by atoms with Crippen LogP contribution in [0.3, 0.4) is 0 Å². The lowest BCUT2D eigenvalue weighted by Crippen LogP contribution is -2.01. The van der Waals surface area contributed by atoms with Crippen LogP contribution in [0.5, 0.6) is 0 Å². The van der Waals surface area contributed by atoms with Crippen molar-refractivity contribution in [2.45, 2.75) is 51.2 Å². The van der Waals surface area contributed by atoms with Crippen LogP contribution in [0.2, 0.25) is 15.1 Å². The maximum Gasteiger partial charge on any atom is 0.372 e. The SMILES string of the molecule is CSc1ncc(C(C)OCc2ccccc2)cc1Cl.Cc1ncc(C(C)OCc2ccccc2)cc1Cl.ClCCl.O=C(OO)c1cccc(Cl)c1. The normalized spacial score (nSPS) is 11.3. The average Bonchev–Trinajstić information content (AvgIpc) is 3.15. The number of carbonyl (C=O) groups excluding carboxylic acids is 1. The third kappa shape index (κ3) is 17.0. The minimum atomic E-state index is -0.813. The number of nitrogens with zero attached hydrogens (tertiary/aromatic N) is 2. The molecule has 0 aliphatic carbocycles. The highest BCUT2D eigenvalue weighted by Crippen LogP contribution is 2.27. The maximum absolute atomic E-state index is 10.6. The minimum Gasteiger partial charge on any atom is -0.369 e. The molecular weight excluding hydrogens is 774 g/mol. The van der Waals surface area contributed by atoms with Gasteiger partial charge in [-0.1, -0.05) is 102 Å². The summed E-state index contributed by atoms with van der Waals surface area (Å²) in [6, 6.07) is 30.2. The van der Waals surface area contributed by atoms with Gasteiger partial charge in [0.2, 0.25) is 0 Å². The van der Waals surface area contributed by atoms with Gasteiger partial charge in [0.25, 0.3) is 0 Å². The van der Waals surface area contributed by atoms with Gasteiger partial charge >= 0.3 is 5.97 Å². The van der Waals surface area contributed by atoms with Crippen molar-refractivity contribution in [2.75, 3.05) is 11.6 Å². The van der Waals surface area contributed by atoms with Crippen molar-refractivity contribution in [2.24, 2.45) is 0 Å². The van der Waals surface area contributed by atoms with Gasteiger partial charge in [0.05, 0.1) is 52.1 Å². The van der Waals surface area contributed by atoms with Crippen molar-refractivity contribution < 1.29 is 24.4 Å². The lowest BCUT2D eigenvalue weighted by molar-refractivity contribution is -0.182. The van der Waals surface area contributed by atoms with E-state index in [4.69, 9.17) is 72.7 Å². The Hall–Kier alpha value is -2.89. The second-order valence-corrected chi connectivity index (χ2v) is 13.3. The molecule has 272 valence electrons. The molecule has 0 amide bonds. The number of ether oxygens (including phenoxy) is 2. The first-order valence-corrected chi connectivity index (χ1v) is 18.8. The van der Waals surface area contributed by atoms with E-state index in [1.165, 1.54) is 12.1 Å². The van der Waals surface area contributed by atoms with Crippen molar-refractivity contribution in [3.8, 4) is 0 Å². The fourth-order valence-electron chi connectivity index (χ4n) is 4.01. The summed E-state index contributed by atoms with van der Waals surface area (Å²) < 4.78 is 11.6. The molecule has 1 N–H and O–H groups in total.